The molecular weight excluding hydrogens is 216 g/mol. The van der Waals surface area contributed by atoms with Gasteiger partial charge in [-0.2, -0.15) is 0 Å². The smallest absolute Gasteiger partial charge is 0.337 e. The summed E-state index contributed by atoms with van der Waals surface area (Å²) < 4.78 is 4.65. The molecule has 0 amide bonds. The van der Waals surface area contributed by atoms with Crippen LogP contribution in [-0.4, -0.2) is 32.7 Å². The summed E-state index contributed by atoms with van der Waals surface area (Å²) >= 11 is 0. The SMILES string of the molecule is CCC(CNC)Nc1ccc(C(=O)OC)cc1. The molecule has 1 aromatic carbocycles. The van der Waals surface area contributed by atoms with E-state index < -0.39 is 0 Å². The van der Waals surface area contributed by atoms with Crippen molar-refractivity contribution in [3.63, 3.8) is 0 Å². The lowest BCUT2D eigenvalue weighted by Crippen LogP contribution is -2.30. The molecule has 0 heterocycles. The van der Waals surface area contributed by atoms with Crippen LogP contribution in [-0.2, 0) is 4.74 Å². The minimum absolute atomic E-state index is 0.307. The lowest BCUT2D eigenvalue weighted by atomic mass is 10.1. The summed E-state index contributed by atoms with van der Waals surface area (Å²) in [7, 11) is 3.32. The van der Waals surface area contributed by atoms with Crippen molar-refractivity contribution in [3.05, 3.63) is 29.8 Å². The van der Waals surface area contributed by atoms with Gasteiger partial charge in [-0.3, -0.25) is 0 Å². The van der Waals surface area contributed by atoms with E-state index in [2.05, 4.69) is 22.3 Å². The van der Waals surface area contributed by atoms with Crippen molar-refractivity contribution < 1.29 is 9.53 Å². The Morgan fingerprint density at radius 2 is 2.00 bits per heavy atom. The molecule has 0 bridgehead atoms. The molecule has 17 heavy (non-hydrogen) atoms. The third-order valence-corrected chi connectivity index (χ3v) is 2.62. The lowest BCUT2D eigenvalue weighted by molar-refractivity contribution is 0.0601. The van der Waals surface area contributed by atoms with E-state index in [0.717, 1.165) is 18.7 Å². The Morgan fingerprint density at radius 1 is 1.35 bits per heavy atom. The Morgan fingerprint density at radius 3 is 2.47 bits per heavy atom. The number of nitrogens with one attached hydrogen (secondary N) is 2. The van der Waals surface area contributed by atoms with Crippen molar-refractivity contribution in [3.8, 4) is 0 Å². The van der Waals surface area contributed by atoms with Gasteiger partial charge in [0.15, 0.2) is 0 Å². The fraction of sp³-hybridized carbons (Fsp3) is 0.462. The summed E-state index contributed by atoms with van der Waals surface area (Å²) in [5, 5.41) is 6.54. The van der Waals surface area contributed by atoms with E-state index in [1.165, 1.54) is 7.11 Å². The molecule has 2 N–H and O–H groups in total. The zero-order chi connectivity index (χ0) is 12.7. The molecule has 1 rings (SSSR count). The molecule has 0 aliphatic rings. The van der Waals surface area contributed by atoms with E-state index in [1.807, 2.05) is 19.2 Å². The van der Waals surface area contributed by atoms with Crippen LogP contribution in [0.15, 0.2) is 24.3 Å². The predicted molar refractivity (Wildman–Crippen MR) is 69.4 cm³/mol. The van der Waals surface area contributed by atoms with Gasteiger partial charge in [0.25, 0.3) is 0 Å². The summed E-state index contributed by atoms with van der Waals surface area (Å²) in [6.45, 7) is 3.05. The molecule has 4 heteroatoms. The Hall–Kier alpha value is -1.55. The summed E-state index contributed by atoms with van der Waals surface area (Å²) in [6, 6.07) is 7.71. The molecule has 0 fully saturated rings. The first-order valence-corrected chi connectivity index (χ1v) is 5.80. The molecule has 94 valence electrons. The second-order valence-corrected chi connectivity index (χ2v) is 3.88. The maximum atomic E-state index is 11.3. The summed E-state index contributed by atoms with van der Waals surface area (Å²) in [5.74, 6) is -0.307. The predicted octanol–water partition coefficient (Wildman–Crippen LogP) is 1.88. The van der Waals surface area contributed by atoms with Gasteiger partial charge < -0.3 is 15.4 Å². The number of ether oxygens (including phenoxy) is 1. The lowest BCUT2D eigenvalue weighted by Gasteiger charge is -2.17. The van der Waals surface area contributed by atoms with Gasteiger partial charge in [-0.1, -0.05) is 6.92 Å². The molecule has 0 saturated carbocycles. The van der Waals surface area contributed by atoms with Crippen LogP contribution in [0.3, 0.4) is 0 Å². The molecule has 0 saturated heterocycles. The number of hydrogen-bond donors (Lipinski definition) is 2. The summed E-state index contributed by atoms with van der Waals surface area (Å²) in [6.07, 6.45) is 1.04. The van der Waals surface area contributed by atoms with Gasteiger partial charge in [0.05, 0.1) is 12.7 Å². The number of benzene rings is 1. The van der Waals surface area contributed by atoms with Crippen molar-refractivity contribution in [1.29, 1.82) is 0 Å². The fourth-order valence-corrected chi connectivity index (χ4v) is 1.60. The topological polar surface area (TPSA) is 50.4 Å². The fourth-order valence-electron chi connectivity index (χ4n) is 1.60. The van der Waals surface area contributed by atoms with Crippen LogP contribution in [0, 0.1) is 0 Å². The first kappa shape index (κ1) is 13.5. The number of likely N-dealkylation sites (N-methyl/N-ethyl adjacent to an activating group) is 1. The highest BCUT2D eigenvalue weighted by atomic mass is 16.5. The van der Waals surface area contributed by atoms with Gasteiger partial charge in [0, 0.05) is 18.3 Å². The van der Waals surface area contributed by atoms with Crippen LogP contribution in [0.1, 0.15) is 23.7 Å². The number of anilines is 1. The van der Waals surface area contributed by atoms with E-state index in [-0.39, 0.29) is 5.97 Å². The molecule has 0 aliphatic carbocycles. The van der Waals surface area contributed by atoms with E-state index >= 15 is 0 Å². The highest BCUT2D eigenvalue weighted by Gasteiger charge is 2.07. The quantitative estimate of drug-likeness (QED) is 0.740. The van der Waals surface area contributed by atoms with E-state index in [4.69, 9.17) is 0 Å². The molecule has 4 nitrogen and oxygen atoms in total. The van der Waals surface area contributed by atoms with Crippen molar-refractivity contribution in [2.45, 2.75) is 19.4 Å². The number of esters is 1. The standard InChI is InChI=1S/C13H20N2O2/c1-4-11(9-14-2)15-12-7-5-10(6-8-12)13(16)17-3/h5-8,11,14-15H,4,9H2,1-3H3. The number of rotatable bonds is 6. The van der Waals surface area contributed by atoms with Crippen LogP contribution in [0.2, 0.25) is 0 Å². The van der Waals surface area contributed by atoms with Gasteiger partial charge in [-0.05, 0) is 37.7 Å². The minimum atomic E-state index is -0.307. The number of hydrogen-bond acceptors (Lipinski definition) is 4. The molecule has 1 unspecified atom stereocenters. The number of carbonyl (C=O) groups is 1. The maximum Gasteiger partial charge on any atom is 0.337 e. The monoisotopic (exact) mass is 236 g/mol. The summed E-state index contributed by atoms with van der Waals surface area (Å²) in [5.41, 5.74) is 1.58. The Balaban J connectivity index is 2.64. The van der Waals surface area contributed by atoms with Crippen LogP contribution < -0.4 is 10.6 Å². The third kappa shape index (κ3) is 4.07. The van der Waals surface area contributed by atoms with E-state index in [0.29, 0.717) is 11.6 Å². The molecule has 1 aromatic rings. The van der Waals surface area contributed by atoms with Crippen molar-refractivity contribution in [2.24, 2.45) is 0 Å². The first-order valence-electron chi connectivity index (χ1n) is 5.80. The van der Waals surface area contributed by atoms with Gasteiger partial charge in [0.2, 0.25) is 0 Å². The van der Waals surface area contributed by atoms with E-state index in [1.54, 1.807) is 12.1 Å². The highest BCUT2D eigenvalue weighted by Crippen LogP contribution is 2.12. The van der Waals surface area contributed by atoms with Crippen LogP contribution in [0.4, 0.5) is 5.69 Å². The molecule has 1 atom stereocenters. The van der Waals surface area contributed by atoms with Crippen molar-refractivity contribution >= 4 is 11.7 Å². The molecule has 0 aromatic heterocycles. The average molecular weight is 236 g/mol. The Bertz CT molecular complexity index is 349. The molecule has 0 aliphatic heterocycles. The van der Waals surface area contributed by atoms with Crippen molar-refractivity contribution in [2.75, 3.05) is 26.0 Å². The summed E-state index contributed by atoms with van der Waals surface area (Å²) in [4.78, 5) is 11.3. The third-order valence-electron chi connectivity index (χ3n) is 2.62. The van der Waals surface area contributed by atoms with Crippen LogP contribution in [0.5, 0.6) is 0 Å². The number of carbonyl (C=O) groups excluding carboxylic acids is 1. The van der Waals surface area contributed by atoms with E-state index in [9.17, 15) is 4.79 Å². The zero-order valence-corrected chi connectivity index (χ0v) is 10.6. The first-order chi connectivity index (χ1) is 8.21. The zero-order valence-electron chi connectivity index (χ0n) is 10.6. The Kier molecular flexibility index (Phi) is 5.49. The maximum absolute atomic E-state index is 11.3. The minimum Gasteiger partial charge on any atom is -0.465 e. The molecule has 0 spiro atoms. The van der Waals surface area contributed by atoms with Gasteiger partial charge >= 0.3 is 5.97 Å². The average Bonchev–Trinajstić information content (AvgIpc) is 2.38. The Labute approximate surface area is 102 Å². The highest BCUT2D eigenvalue weighted by molar-refractivity contribution is 5.89. The normalized spacial score (nSPS) is 11.9. The second-order valence-electron chi connectivity index (χ2n) is 3.88. The second kappa shape index (κ2) is 6.91. The molecular formula is C13H20N2O2. The largest absolute Gasteiger partial charge is 0.465 e. The van der Waals surface area contributed by atoms with Crippen LogP contribution in [0.25, 0.3) is 0 Å². The van der Waals surface area contributed by atoms with Crippen LogP contribution >= 0.6 is 0 Å². The van der Waals surface area contributed by atoms with Crippen molar-refractivity contribution in [1.82, 2.24) is 5.32 Å². The number of methoxy groups -OCH3 is 1. The van der Waals surface area contributed by atoms with Gasteiger partial charge in [0.1, 0.15) is 0 Å². The van der Waals surface area contributed by atoms with Gasteiger partial charge in [-0.25, -0.2) is 4.79 Å². The molecule has 0 radical (unpaired) electrons. The van der Waals surface area contributed by atoms with Gasteiger partial charge in [-0.15, -0.1) is 0 Å².